The zero-order valence-corrected chi connectivity index (χ0v) is 15.8. The van der Waals surface area contributed by atoms with E-state index in [1.165, 1.54) is 4.80 Å². The van der Waals surface area contributed by atoms with Gasteiger partial charge in [-0.2, -0.15) is 9.90 Å². The zero-order chi connectivity index (χ0) is 19.9. The summed E-state index contributed by atoms with van der Waals surface area (Å²) in [5, 5.41) is 16.2. The van der Waals surface area contributed by atoms with E-state index in [4.69, 9.17) is 9.47 Å². The third-order valence-corrected chi connectivity index (χ3v) is 3.91. The van der Waals surface area contributed by atoms with E-state index in [1.807, 2.05) is 30.3 Å². The minimum atomic E-state index is -0.377. The molecule has 0 aliphatic carbocycles. The van der Waals surface area contributed by atoms with Crippen LogP contribution >= 0.6 is 0 Å². The van der Waals surface area contributed by atoms with E-state index in [2.05, 4.69) is 25.9 Å². The Labute approximate surface area is 162 Å². The largest absolute Gasteiger partial charge is 0.497 e. The maximum absolute atomic E-state index is 12.2. The number of hydrogen-bond acceptors (Lipinski definition) is 7. The van der Waals surface area contributed by atoms with Gasteiger partial charge < -0.3 is 9.47 Å². The summed E-state index contributed by atoms with van der Waals surface area (Å²) in [6.45, 7) is 1.66. The third-order valence-electron chi connectivity index (χ3n) is 3.91. The standard InChI is InChI=1S/C19H20N6O3/c1-13(16-11-15(27-2)9-10-17(16)28-3)20-21-18(26)12-25-23-19(22-24-25)14-7-5-4-6-8-14/h4-11H,12H2,1-3H3,(H,21,26)/b20-13-. The van der Waals surface area contributed by atoms with Crippen molar-refractivity contribution in [3.8, 4) is 22.9 Å². The molecule has 1 N–H and O–H groups in total. The summed E-state index contributed by atoms with van der Waals surface area (Å²) in [6.07, 6.45) is 0. The molecule has 3 rings (SSSR count). The molecular formula is C19H20N6O3. The van der Waals surface area contributed by atoms with Crippen molar-refractivity contribution in [2.75, 3.05) is 14.2 Å². The smallest absolute Gasteiger partial charge is 0.263 e. The van der Waals surface area contributed by atoms with Gasteiger partial charge in [-0.15, -0.1) is 10.2 Å². The van der Waals surface area contributed by atoms with Gasteiger partial charge in [0, 0.05) is 11.1 Å². The Morgan fingerprint density at radius 1 is 1.14 bits per heavy atom. The number of nitrogens with zero attached hydrogens (tertiary/aromatic N) is 5. The highest BCUT2D eigenvalue weighted by Gasteiger charge is 2.11. The Morgan fingerprint density at radius 2 is 1.93 bits per heavy atom. The maximum atomic E-state index is 12.2. The number of tetrazole rings is 1. The summed E-state index contributed by atoms with van der Waals surface area (Å²) in [5.74, 6) is 1.37. The van der Waals surface area contributed by atoms with E-state index in [0.29, 0.717) is 28.6 Å². The van der Waals surface area contributed by atoms with Crippen LogP contribution in [0.5, 0.6) is 11.5 Å². The molecule has 144 valence electrons. The van der Waals surface area contributed by atoms with Crippen molar-refractivity contribution in [1.82, 2.24) is 25.6 Å². The fraction of sp³-hybridized carbons (Fsp3) is 0.211. The average molecular weight is 380 g/mol. The molecule has 0 saturated heterocycles. The lowest BCUT2D eigenvalue weighted by molar-refractivity contribution is -0.122. The Hall–Kier alpha value is -3.75. The van der Waals surface area contributed by atoms with Crippen molar-refractivity contribution in [2.24, 2.45) is 5.10 Å². The summed E-state index contributed by atoms with van der Waals surface area (Å²) in [5.41, 5.74) is 4.60. The molecule has 3 aromatic rings. The lowest BCUT2D eigenvalue weighted by Gasteiger charge is -2.10. The van der Waals surface area contributed by atoms with Gasteiger partial charge in [0.15, 0.2) is 0 Å². The average Bonchev–Trinajstić information content (AvgIpc) is 3.20. The molecule has 1 heterocycles. The van der Waals surface area contributed by atoms with E-state index < -0.39 is 0 Å². The SMILES string of the molecule is COc1ccc(OC)c(/C(C)=N\NC(=O)Cn2nnc(-c3ccccc3)n2)c1. The third kappa shape index (κ3) is 4.50. The van der Waals surface area contributed by atoms with Crippen LogP contribution in [-0.4, -0.2) is 46.0 Å². The van der Waals surface area contributed by atoms with Crippen molar-refractivity contribution in [3.05, 3.63) is 54.1 Å². The summed E-state index contributed by atoms with van der Waals surface area (Å²) in [7, 11) is 3.15. The Kier molecular flexibility index (Phi) is 5.95. The van der Waals surface area contributed by atoms with Crippen molar-refractivity contribution < 1.29 is 14.3 Å². The van der Waals surface area contributed by atoms with Gasteiger partial charge >= 0.3 is 0 Å². The zero-order valence-electron chi connectivity index (χ0n) is 15.8. The number of carbonyl (C=O) groups excluding carboxylic acids is 1. The quantitative estimate of drug-likeness (QED) is 0.496. The van der Waals surface area contributed by atoms with Crippen LogP contribution in [0, 0.1) is 0 Å². The van der Waals surface area contributed by atoms with Gasteiger partial charge in [0.1, 0.15) is 18.0 Å². The van der Waals surface area contributed by atoms with Gasteiger partial charge in [-0.05, 0) is 30.3 Å². The van der Waals surface area contributed by atoms with Crippen LogP contribution in [0.15, 0.2) is 53.6 Å². The lowest BCUT2D eigenvalue weighted by atomic mass is 10.1. The van der Waals surface area contributed by atoms with Crippen LogP contribution in [0.2, 0.25) is 0 Å². The van der Waals surface area contributed by atoms with Gasteiger partial charge in [-0.1, -0.05) is 30.3 Å². The molecule has 1 amide bonds. The minimum Gasteiger partial charge on any atom is -0.497 e. The number of rotatable bonds is 7. The van der Waals surface area contributed by atoms with Crippen molar-refractivity contribution >= 4 is 11.6 Å². The Balaban J connectivity index is 1.66. The highest BCUT2D eigenvalue weighted by Crippen LogP contribution is 2.24. The second-order valence-electron chi connectivity index (χ2n) is 5.81. The van der Waals surface area contributed by atoms with Crippen LogP contribution in [0.4, 0.5) is 0 Å². The summed E-state index contributed by atoms with van der Waals surface area (Å²) >= 11 is 0. The van der Waals surface area contributed by atoms with Gasteiger partial charge in [0.25, 0.3) is 5.91 Å². The van der Waals surface area contributed by atoms with Crippen LogP contribution < -0.4 is 14.9 Å². The monoisotopic (exact) mass is 380 g/mol. The number of benzene rings is 2. The Bertz CT molecular complexity index is 984. The van der Waals surface area contributed by atoms with Crippen molar-refractivity contribution in [1.29, 1.82) is 0 Å². The van der Waals surface area contributed by atoms with E-state index in [-0.39, 0.29) is 12.5 Å². The Morgan fingerprint density at radius 3 is 2.64 bits per heavy atom. The summed E-state index contributed by atoms with van der Waals surface area (Å²) in [4.78, 5) is 13.4. The number of ether oxygens (including phenoxy) is 2. The summed E-state index contributed by atoms with van der Waals surface area (Å²) < 4.78 is 10.6. The number of hydrazone groups is 1. The molecule has 9 heteroatoms. The molecule has 2 aromatic carbocycles. The fourth-order valence-electron chi connectivity index (χ4n) is 2.48. The number of hydrogen-bond donors (Lipinski definition) is 1. The normalized spacial score (nSPS) is 11.2. The van der Waals surface area contributed by atoms with Crippen LogP contribution in [0.25, 0.3) is 11.4 Å². The summed E-state index contributed by atoms with van der Waals surface area (Å²) in [6, 6.07) is 14.8. The molecule has 0 fully saturated rings. The van der Waals surface area contributed by atoms with Crippen LogP contribution in [-0.2, 0) is 11.3 Å². The molecule has 1 aromatic heterocycles. The molecule has 0 atom stereocenters. The van der Waals surface area contributed by atoms with Crippen molar-refractivity contribution in [2.45, 2.75) is 13.5 Å². The number of methoxy groups -OCH3 is 2. The predicted octanol–water partition coefficient (Wildman–Crippen LogP) is 1.90. The molecule has 0 aliphatic heterocycles. The molecule has 0 radical (unpaired) electrons. The lowest BCUT2D eigenvalue weighted by Crippen LogP contribution is -2.25. The molecule has 0 saturated carbocycles. The molecule has 0 spiro atoms. The van der Waals surface area contributed by atoms with Crippen LogP contribution in [0.1, 0.15) is 12.5 Å². The molecule has 0 aliphatic rings. The maximum Gasteiger partial charge on any atom is 0.263 e. The first-order valence-corrected chi connectivity index (χ1v) is 8.49. The number of aromatic nitrogens is 4. The van der Waals surface area contributed by atoms with E-state index in [0.717, 1.165) is 5.56 Å². The number of carbonyl (C=O) groups is 1. The number of amides is 1. The topological polar surface area (TPSA) is 104 Å². The molecule has 28 heavy (non-hydrogen) atoms. The van der Waals surface area contributed by atoms with Crippen LogP contribution in [0.3, 0.4) is 0 Å². The molecule has 9 nitrogen and oxygen atoms in total. The number of nitrogens with one attached hydrogen (secondary N) is 1. The fourth-order valence-corrected chi connectivity index (χ4v) is 2.48. The van der Waals surface area contributed by atoms with Gasteiger partial charge in [0.2, 0.25) is 5.82 Å². The van der Waals surface area contributed by atoms with Gasteiger partial charge in [0.05, 0.1) is 19.9 Å². The second-order valence-corrected chi connectivity index (χ2v) is 5.81. The van der Waals surface area contributed by atoms with Gasteiger partial charge in [-0.25, -0.2) is 5.43 Å². The first kappa shape index (κ1) is 19.0. The molecule has 0 unspecified atom stereocenters. The highest BCUT2D eigenvalue weighted by atomic mass is 16.5. The molecular weight excluding hydrogens is 360 g/mol. The second kappa shape index (κ2) is 8.76. The van der Waals surface area contributed by atoms with E-state index >= 15 is 0 Å². The highest BCUT2D eigenvalue weighted by molar-refractivity contribution is 6.02. The van der Waals surface area contributed by atoms with E-state index in [9.17, 15) is 4.79 Å². The predicted molar refractivity (Wildman–Crippen MR) is 103 cm³/mol. The van der Waals surface area contributed by atoms with E-state index in [1.54, 1.807) is 39.3 Å². The molecule has 0 bridgehead atoms. The van der Waals surface area contributed by atoms with Gasteiger partial charge in [-0.3, -0.25) is 4.79 Å². The first-order chi connectivity index (χ1) is 13.6. The first-order valence-electron chi connectivity index (χ1n) is 8.49. The van der Waals surface area contributed by atoms with Crippen molar-refractivity contribution in [3.63, 3.8) is 0 Å². The minimum absolute atomic E-state index is 0.105.